The molecule has 17 heteroatoms. The number of piperidine rings is 2. The van der Waals surface area contributed by atoms with E-state index in [1.54, 1.807) is 35.6 Å². The van der Waals surface area contributed by atoms with Crippen LogP contribution in [0.1, 0.15) is 82.9 Å². The molecule has 5 aliphatic rings. The number of rotatable bonds is 11. The molecule has 4 N–H and O–H groups in total. The monoisotopic (exact) mass is 944 g/mol. The molecule has 8 heterocycles. The van der Waals surface area contributed by atoms with Gasteiger partial charge in [0.05, 0.1) is 36.1 Å². The minimum Gasteiger partial charge on any atom is -0.508 e. The van der Waals surface area contributed by atoms with Crippen molar-refractivity contribution in [2.45, 2.75) is 77.7 Å². The van der Waals surface area contributed by atoms with Crippen molar-refractivity contribution in [3.63, 3.8) is 0 Å². The lowest BCUT2D eigenvalue weighted by atomic mass is 9.94. The molecular weight excluding hydrogens is 881 g/mol. The lowest BCUT2D eigenvalue weighted by Gasteiger charge is -2.43. The Morgan fingerprint density at radius 3 is 2.28 bits per heavy atom. The Morgan fingerprint density at radius 1 is 0.824 bits per heavy atom. The van der Waals surface area contributed by atoms with Crippen LogP contribution >= 0.6 is 11.3 Å². The fourth-order valence-corrected chi connectivity index (χ4v) is 12.0. The number of carbonyl (C=O) groups excluding carboxylic acids is 2. The van der Waals surface area contributed by atoms with Crippen LogP contribution in [0.3, 0.4) is 0 Å². The van der Waals surface area contributed by atoms with Crippen LogP contribution in [0.15, 0.2) is 48.7 Å². The summed E-state index contributed by atoms with van der Waals surface area (Å²) in [5.41, 5.74) is 12.1. The Hall–Kier alpha value is -5.59. The van der Waals surface area contributed by atoms with Crippen molar-refractivity contribution < 1.29 is 29.3 Å². The molecule has 10 rings (SSSR count). The summed E-state index contributed by atoms with van der Waals surface area (Å²) in [6.07, 6.45) is 5.68. The molecule has 4 fully saturated rings. The summed E-state index contributed by atoms with van der Waals surface area (Å²) in [4.78, 5) is 56.9. The number of carbonyl (C=O) groups is 2. The quantitative estimate of drug-likeness (QED) is 0.143. The van der Waals surface area contributed by atoms with E-state index >= 15 is 0 Å². The molecule has 0 unspecified atom stereocenters. The van der Waals surface area contributed by atoms with Crippen LogP contribution in [0, 0.1) is 5.92 Å². The zero-order valence-electron chi connectivity index (χ0n) is 39.5. The number of morpholine rings is 1. The highest BCUT2D eigenvalue weighted by Gasteiger charge is 2.34. The van der Waals surface area contributed by atoms with Gasteiger partial charge in [0.15, 0.2) is 23.2 Å². The zero-order valence-corrected chi connectivity index (χ0v) is 40.3. The smallest absolute Gasteiger partial charge is 0.258 e. The van der Waals surface area contributed by atoms with Gasteiger partial charge in [0.25, 0.3) is 5.91 Å². The number of fused-ring (bicyclic) bond motifs is 2. The third kappa shape index (κ3) is 9.68. The lowest BCUT2D eigenvalue weighted by molar-refractivity contribution is -0.139. The zero-order chi connectivity index (χ0) is 47.1. The van der Waals surface area contributed by atoms with E-state index in [1.807, 2.05) is 19.9 Å². The third-order valence-corrected chi connectivity index (χ3v) is 15.9. The van der Waals surface area contributed by atoms with Crippen LogP contribution in [-0.4, -0.2) is 153 Å². The average Bonchev–Trinajstić information content (AvgIpc) is 3.98. The van der Waals surface area contributed by atoms with E-state index in [9.17, 15) is 19.8 Å². The van der Waals surface area contributed by atoms with Crippen molar-refractivity contribution >= 4 is 45.0 Å². The normalized spacial score (nSPS) is 19.3. The molecular formula is C51H64N10O6S. The number of likely N-dealkylation sites (tertiary alicyclic amines) is 2. The summed E-state index contributed by atoms with van der Waals surface area (Å²) in [7, 11) is 1.58. The van der Waals surface area contributed by atoms with Gasteiger partial charge >= 0.3 is 0 Å². The maximum Gasteiger partial charge on any atom is 0.258 e. The second-order valence-electron chi connectivity index (χ2n) is 19.5. The number of ether oxygens (including phenoxy) is 2. The molecule has 0 atom stereocenters. The molecule has 2 aromatic carbocycles. The molecule has 16 nitrogen and oxygen atoms in total. The predicted molar refractivity (Wildman–Crippen MR) is 263 cm³/mol. The van der Waals surface area contributed by atoms with Gasteiger partial charge in [-0.05, 0) is 98.2 Å². The number of piperazine rings is 1. The number of thiophene rings is 1. The molecule has 360 valence electrons. The van der Waals surface area contributed by atoms with Crippen LogP contribution in [0.5, 0.6) is 17.2 Å². The van der Waals surface area contributed by atoms with E-state index in [1.165, 1.54) is 16.5 Å². The summed E-state index contributed by atoms with van der Waals surface area (Å²) in [5, 5.41) is 20.8. The van der Waals surface area contributed by atoms with Gasteiger partial charge in [-0.25, -0.2) is 15.0 Å². The van der Waals surface area contributed by atoms with E-state index in [-0.39, 0.29) is 34.8 Å². The predicted octanol–water partition coefficient (Wildman–Crippen LogP) is 5.89. The van der Waals surface area contributed by atoms with Crippen LogP contribution in [0.25, 0.3) is 21.6 Å². The Kier molecular flexibility index (Phi) is 13.4. The summed E-state index contributed by atoms with van der Waals surface area (Å²) < 4.78 is 12.2. The number of nitrogens with two attached hydrogens (primary N) is 1. The van der Waals surface area contributed by atoms with Gasteiger partial charge in [-0.3, -0.25) is 24.3 Å². The van der Waals surface area contributed by atoms with Gasteiger partial charge in [-0.15, -0.1) is 11.3 Å². The van der Waals surface area contributed by atoms with E-state index in [4.69, 9.17) is 25.2 Å². The van der Waals surface area contributed by atoms with Crippen molar-refractivity contribution in [1.82, 2.24) is 39.5 Å². The average molecular weight is 945 g/mol. The number of phenols is 2. The second kappa shape index (κ2) is 19.8. The second-order valence-corrected chi connectivity index (χ2v) is 20.6. The maximum atomic E-state index is 13.9. The fourth-order valence-electron chi connectivity index (χ4n) is 10.8. The lowest BCUT2D eigenvalue weighted by Crippen LogP contribution is -2.55. The van der Waals surface area contributed by atoms with Crippen molar-refractivity contribution in [2.75, 3.05) is 96.4 Å². The summed E-state index contributed by atoms with van der Waals surface area (Å²) in [5.74, 6) is 2.35. The number of methoxy groups -OCH3 is 1. The number of aromatic hydroxyl groups is 2. The highest BCUT2D eigenvalue weighted by atomic mass is 32.1. The topological polar surface area (TPSA) is 177 Å². The van der Waals surface area contributed by atoms with E-state index in [0.717, 1.165) is 137 Å². The first-order chi connectivity index (χ1) is 33.0. The first-order valence-electron chi connectivity index (χ1n) is 24.3. The molecule has 0 spiro atoms. The van der Waals surface area contributed by atoms with Gasteiger partial charge in [0.1, 0.15) is 11.5 Å². The first-order valence-corrected chi connectivity index (χ1v) is 25.2. The Morgan fingerprint density at radius 2 is 1.54 bits per heavy atom. The van der Waals surface area contributed by atoms with Gasteiger partial charge in [-0.2, -0.15) is 0 Å². The number of phenolic OH excluding ortho intramolecular Hbond substituents is 2. The highest BCUT2D eigenvalue weighted by molar-refractivity contribution is 7.19. The summed E-state index contributed by atoms with van der Waals surface area (Å²) in [6, 6.07) is 14.1. The van der Waals surface area contributed by atoms with Gasteiger partial charge in [-0.1, -0.05) is 32.0 Å². The summed E-state index contributed by atoms with van der Waals surface area (Å²) >= 11 is 1.76. The third-order valence-electron chi connectivity index (χ3n) is 14.8. The maximum absolute atomic E-state index is 13.9. The molecule has 2 amide bonds. The number of amides is 2. The largest absolute Gasteiger partial charge is 0.508 e. The van der Waals surface area contributed by atoms with E-state index in [0.29, 0.717) is 61.2 Å². The van der Waals surface area contributed by atoms with E-state index < -0.39 is 0 Å². The number of aromatic nitrogens is 3. The number of anilines is 2. The SMILES string of the molecule is COc1cc(-c2nc(N3CCOCC3)c3sc(CN4CCC(C(=O)N5CCN(C6CCN(Cc7ccc8c(c7)CN(C(=O)c7cc(C(C)C)c(O)cc7O)C8)CC6)CC5)CC4)cc3n2)cnc1N. The standard InChI is InChI=1S/C51H64N10O6S/c1-32(2)40-25-41(44(63)26-43(40)62)51(65)61-29-35-5-4-33(22-37(35)30-61)28-56-12-8-38(9-13-56)58-14-16-60(17-15-58)50(64)34-6-10-57(11-7-34)31-39-24-42-46(68-39)49(59-18-20-67-21-19-59)55-48(54-42)36-23-45(66-3)47(52)53-27-36/h4-5,22-27,32,34,38,62-63H,6-21,28-31H2,1-3H3,(H2,52,53). The van der Waals surface area contributed by atoms with Gasteiger partial charge in [0, 0.05) is 100 Å². The number of benzene rings is 2. The Balaban J connectivity index is 0.678. The van der Waals surface area contributed by atoms with Crippen LogP contribution < -0.4 is 15.4 Å². The molecule has 68 heavy (non-hydrogen) atoms. The molecule has 4 saturated heterocycles. The molecule has 0 aliphatic carbocycles. The van der Waals surface area contributed by atoms with E-state index in [2.05, 4.69) is 53.7 Å². The molecule has 5 aromatic rings. The molecule has 0 radical (unpaired) electrons. The van der Waals surface area contributed by atoms with Crippen LogP contribution in [0.2, 0.25) is 0 Å². The van der Waals surface area contributed by atoms with Gasteiger partial charge in [0.2, 0.25) is 5.91 Å². The minimum absolute atomic E-state index is 0.00840. The molecule has 5 aliphatic heterocycles. The fraction of sp³-hybridized carbons (Fsp3) is 0.510. The number of nitrogens with zero attached hydrogens (tertiary/aromatic N) is 9. The van der Waals surface area contributed by atoms with Crippen molar-refractivity contribution in [3.05, 3.63) is 81.4 Å². The van der Waals surface area contributed by atoms with Crippen LogP contribution in [0.4, 0.5) is 11.6 Å². The Bertz CT molecular complexity index is 2650. The molecule has 0 bridgehead atoms. The van der Waals surface area contributed by atoms with Crippen molar-refractivity contribution in [2.24, 2.45) is 5.92 Å². The Labute approximate surface area is 402 Å². The number of hydrogen-bond acceptors (Lipinski definition) is 15. The highest BCUT2D eigenvalue weighted by Crippen LogP contribution is 2.38. The number of nitrogen functional groups attached to an aromatic ring is 1. The molecule has 0 saturated carbocycles. The van der Waals surface area contributed by atoms with Crippen LogP contribution in [-0.2, 0) is 35.7 Å². The summed E-state index contributed by atoms with van der Waals surface area (Å²) in [6.45, 7) is 16.8. The minimum atomic E-state index is -0.225. The van der Waals surface area contributed by atoms with Crippen molar-refractivity contribution in [1.29, 1.82) is 0 Å². The number of pyridine rings is 1. The number of hydrogen-bond donors (Lipinski definition) is 3. The molecule has 3 aromatic heterocycles. The van der Waals surface area contributed by atoms with Crippen molar-refractivity contribution in [3.8, 4) is 28.6 Å². The first kappa shape index (κ1) is 46.2. The van der Waals surface area contributed by atoms with Gasteiger partial charge < -0.3 is 40.1 Å².